The van der Waals surface area contributed by atoms with Gasteiger partial charge < -0.3 is 10.4 Å². The summed E-state index contributed by atoms with van der Waals surface area (Å²) in [4.78, 5) is 22.3. The molecule has 0 radical (unpaired) electrons. The molecule has 0 aliphatic carbocycles. The van der Waals surface area contributed by atoms with Crippen LogP contribution in [0.5, 0.6) is 0 Å². The highest BCUT2D eigenvalue weighted by molar-refractivity contribution is 5.90. The topological polar surface area (TPSA) is 84.2 Å². The quantitative estimate of drug-likeness (QED) is 0.809. The Morgan fingerprint density at radius 2 is 2.12 bits per heavy atom. The molecular formula is C11H17N3O3. The summed E-state index contributed by atoms with van der Waals surface area (Å²) >= 11 is 0. The molecule has 0 fully saturated rings. The van der Waals surface area contributed by atoms with Crippen LogP contribution in [0.25, 0.3) is 0 Å². The molecule has 1 aromatic rings. The first-order valence-electron chi connectivity index (χ1n) is 5.30. The van der Waals surface area contributed by atoms with Crippen molar-refractivity contribution in [2.45, 2.75) is 26.7 Å². The van der Waals surface area contributed by atoms with Crippen LogP contribution in [-0.4, -0.2) is 26.8 Å². The second-order valence-electron chi connectivity index (χ2n) is 4.80. The molecule has 0 atom stereocenters. The number of carboxylic acids is 1. The van der Waals surface area contributed by atoms with Gasteiger partial charge in [0.2, 0.25) is 5.91 Å². The van der Waals surface area contributed by atoms with Crippen LogP contribution in [0.4, 0.5) is 5.82 Å². The molecule has 1 rings (SSSR count). The van der Waals surface area contributed by atoms with Crippen molar-refractivity contribution in [1.29, 1.82) is 0 Å². The number of aliphatic carboxylic acids is 1. The van der Waals surface area contributed by atoms with E-state index in [9.17, 15) is 9.59 Å². The van der Waals surface area contributed by atoms with E-state index in [1.165, 1.54) is 0 Å². The molecule has 0 saturated carbocycles. The Morgan fingerprint density at radius 3 is 2.59 bits per heavy atom. The monoisotopic (exact) mass is 239 g/mol. The van der Waals surface area contributed by atoms with Gasteiger partial charge in [-0.25, -0.2) is 0 Å². The van der Waals surface area contributed by atoms with Gasteiger partial charge in [0.1, 0.15) is 5.82 Å². The number of carbonyl (C=O) groups is 2. The van der Waals surface area contributed by atoms with Gasteiger partial charge in [-0.2, -0.15) is 5.10 Å². The lowest BCUT2D eigenvalue weighted by atomic mass is 9.85. The zero-order valence-electron chi connectivity index (χ0n) is 10.2. The summed E-state index contributed by atoms with van der Waals surface area (Å²) in [5.74, 6) is -0.510. The van der Waals surface area contributed by atoms with Crippen LogP contribution in [-0.2, 0) is 16.6 Å². The van der Waals surface area contributed by atoms with Crippen LogP contribution in [0.1, 0.15) is 26.7 Å². The Morgan fingerprint density at radius 1 is 1.47 bits per heavy atom. The molecule has 0 bridgehead atoms. The molecule has 0 aliphatic heterocycles. The molecule has 17 heavy (non-hydrogen) atoms. The Balaban J connectivity index is 2.55. The molecule has 1 amide bonds. The number of aryl methyl sites for hydroxylation is 1. The maximum Gasteiger partial charge on any atom is 0.303 e. The number of nitrogens with one attached hydrogen (secondary N) is 1. The van der Waals surface area contributed by atoms with Gasteiger partial charge in [-0.3, -0.25) is 14.3 Å². The minimum absolute atomic E-state index is 0.0359. The maximum absolute atomic E-state index is 11.7. The summed E-state index contributed by atoms with van der Waals surface area (Å²) in [5.41, 5.74) is -0.561. The second kappa shape index (κ2) is 4.99. The van der Waals surface area contributed by atoms with Crippen LogP contribution in [0, 0.1) is 5.41 Å². The number of hydrogen-bond donors (Lipinski definition) is 2. The summed E-state index contributed by atoms with van der Waals surface area (Å²) < 4.78 is 1.54. The minimum Gasteiger partial charge on any atom is -0.481 e. The second-order valence-corrected chi connectivity index (χ2v) is 4.80. The molecule has 2 N–H and O–H groups in total. The molecule has 1 heterocycles. The lowest BCUT2D eigenvalue weighted by Crippen LogP contribution is -2.25. The van der Waals surface area contributed by atoms with E-state index >= 15 is 0 Å². The normalized spacial score (nSPS) is 11.2. The fraction of sp³-hybridized carbons (Fsp3) is 0.545. The maximum atomic E-state index is 11.7. The van der Waals surface area contributed by atoms with Crippen molar-refractivity contribution < 1.29 is 14.7 Å². The van der Waals surface area contributed by atoms with E-state index in [2.05, 4.69) is 10.4 Å². The highest BCUT2D eigenvalue weighted by atomic mass is 16.4. The Bertz CT molecular complexity index is 423. The first-order valence-corrected chi connectivity index (χ1v) is 5.30. The summed E-state index contributed by atoms with van der Waals surface area (Å²) in [6, 6.07) is 1.68. The minimum atomic E-state index is -0.900. The largest absolute Gasteiger partial charge is 0.481 e. The van der Waals surface area contributed by atoms with E-state index in [1.54, 1.807) is 37.8 Å². The molecular weight excluding hydrogens is 222 g/mol. The van der Waals surface area contributed by atoms with Gasteiger partial charge in [0, 0.05) is 19.5 Å². The Hall–Kier alpha value is -1.85. The average Bonchev–Trinajstić information content (AvgIpc) is 2.47. The van der Waals surface area contributed by atoms with E-state index in [-0.39, 0.29) is 18.7 Å². The van der Waals surface area contributed by atoms with E-state index in [0.717, 1.165) is 0 Å². The van der Waals surface area contributed by atoms with Gasteiger partial charge >= 0.3 is 5.97 Å². The molecule has 1 aromatic heterocycles. The van der Waals surface area contributed by atoms with Crippen molar-refractivity contribution in [3.63, 3.8) is 0 Å². The third kappa shape index (κ3) is 4.26. The third-order valence-electron chi connectivity index (χ3n) is 2.36. The SMILES string of the molecule is Cn1nccc1NC(=O)CC(C)(C)CC(=O)O. The van der Waals surface area contributed by atoms with Crippen molar-refractivity contribution in [2.75, 3.05) is 5.32 Å². The summed E-state index contributed by atoms with van der Waals surface area (Å²) in [6.45, 7) is 3.51. The molecule has 0 aliphatic rings. The van der Waals surface area contributed by atoms with Crippen molar-refractivity contribution >= 4 is 17.7 Å². The summed E-state index contributed by atoms with van der Waals surface area (Å²) in [6.07, 6.45) is 1.70. The fourth-order valence-electron chi connectivity index (χ4n) is 1.59. The zero-order valence-corrected chi connectivity index (χ0v) is 10.2. The molecule has 0 unspecified atom stereocenters. The van der Waals surface area contributed by atoms with E-state index in [0.29, 0.717) is 5.82 Å². The number of carboxylic acid groups (broad SMARTS) is 1. The predicted molar refractivity (Wildman–Crippen MR) is 62.5 cm³/mol. The van der Waals surface area contributed by atoms with Crippen molar-refractivity contribution in [2.24, 2.45) is 12.5 Å². The Labute approximate surface area is 99.6 Å². The van der Waals surface area contributed by atoms with Crippen molar-refractivity contribution in [1.82, 2.24) is 9.78 Å². The number of amides is 1. The molecule has 6 heteroatoms. The van der Waals surface area contributed by atoms with Crippen LogP contribution in [0.3, 0.4) is 0 Å². The van der Waals surface area contributed by atoms with Gasteiger partial charge in [-0.15, -0.1) is 0 Å². The summed E-state index contributed by atoms with van der Waals surface area (Å²) in [5, 5.41) is 15.3. The molecule has 94 valence electrons. The lowest BCUT2D eigenvalue weighted by molar-refractivity contribution is -0.139. The van der Waals surface area contributed by atoms with Crippen molar-refractivity contribution in [3.05, 3.63) is 12.3 Å². The fourth-order valence-corrected chi connectivity index (χ4v) is 1.59. The number of anilines is 1. The summed E-state index contributed by atoms with van der Waals surface area (Å²) in [7, 11) is 1.72. The van der Waals surface area contributed by atoms with Crippen LogP contribution in [0.2, 0.25) is 0 Å². The van der Waals surface area contributed by atoms with E-state index in [1.807, 2.05) is 0 Å². The molecule has 0 saturated heterocycles. The van der Waals surface area contributed by atoms with Gasteiger partial charge in [-0.05, 0) is 5.41 Å². The van der Waals surface area contributed by atoms with Gasteiger partial charge in [-0.1, -0.05) is 13.8 Å². The lowest BCUT2D eigenvalue weighted by Gasteiger charge is -2.21. The molecule has 0 aromatic carbocycles. The predicted octanol–water partition coefficient (Wildman–Crippen LogP) is 1.25. The Kier molecular flexibility index (Phi) is 3.88. The smallest absolute Gasteiger partial charge is 0.303 e. The number of aromatic nitrogens is 2. The zero-order chi connectivity index (χ0) is 13.1. The number of hydrogen-bond acceptors (Lipinski definition) is 3. The van der Waals surface area contributed by atoms with Crippen molar-refractivity contribution in [3.8, 4) is 0 Å². The highest BCUT2D eigenvalue weighted by Gasteiger charge is 2.25. The highest BCUT2D eigenvalue weighted by Crippen LogP contribution is 2.25. The van der Waals surface area contributed by atoms with Crippen LogP contribution in [0.15, 0.2) is 12.3 Å². The number of carbonyl (C=O) groups excluding carboxylic acids is 1. The van der Waals surface area contributed by atoms with Crippen LogP contribution >= 0.6 is 0 Å². The van der Waals surface area contributed by atoms with Crippen LogP contribution < -0.4 is 5.32 Å². The van der Waals surface area contributed by atoms with Gasteiger partial charge in [0.05, 0.1) is 12.6 Å². The van der Waals surface area contributed by atoms with E-state index < -0.39 is 11.4 Å². The van der Waals surface area contributed by atoms with E-state index in [4.69, 9.17) is 5.11 Å². The molecule has 0 spiro atoms. The molecule has 6 nitrogen and oxygen atoms in total. The standard InChI is InChI=1S/C11H17N3O3/c1-11(2,7-10(16)17)6-9(15)13-8-4-5-12-14(8)3/h4-5H,6-7H2,1-3H3,(H,13,15)(H,16,17). The number of nitrogens with zero attached hydrogens (tertiary/aromatic N) is 2. The third-order valence-corrected chi connectivity index (χ3v) is 2.36. The van der Waals surface area contributed by atoms with Gasteiger partial charge in [0.25, 0.3) is 0 Å². The first-order chi connectivity index (χ1) is 7.80. The average molecular weight is 239 g/mol. The first kappa shape index (κ1) is 13.2. The number of rotatable bonds is 5. The van der Waals surface area contributed by atoms with Gasteiger partial charge in [0.15, 0.2) is 0 Å².